The van der Waals surface area contributed by atoms with Crippen molar-refractivity contribution in [3.63, 3.8) is 0 Å². The van der Waals surface area contributed by atoms with Crippen molar-refractivity contribution in [1.82, 2.24) is 10.4 Å². The van der Waals surface area contributed by atoms with Crippen LogP contribution in [0.4, 0.5) is 22.0 Å². The molecule has 2 heterocycles. The molecule has 12 heteroatoms. The molecular formula is C23H19Cl2F5N2O3. The lowest BCUT2D eigenvalue weighted by atomic mass is 9.86. The van der Waals surface area contributed by atoms with Crippen LogP contribution >= 0.6 is 23.2 Å². The van der Waals surface area contributed by atoms with E-state index in [1.54, 1.807) is 0 Å². The summed E-state index contributed by atoms with van der Waals surface area (Å²) in [5, 5.41) is 8.12. The third kappa shape index (κ3) is 4.60. The predicted molar refractivity (Wildman–Crippen MR) is 118 cm³/mol. The van der Waals surface area contributed by atoms with Crippen molar-refractivity contribution in [2.24, 2.45) is 0 Å². The minimum Gasteiger partial charge on any atom is -0.393 e. The molecule has 0 saturated carbocycles. The van der Waals surface area contributed by atoms with Crippen LogP contribution in [-0.2, 0) is 20.9 Å². The second kappa shape index (κ2) is 8.92. The van der Waals surface area contributed by atoms with Gasteiger partial charge in [-0.1, -0.05) is 47.5 Å². The van der Waals surface area contributed by atoms with Crippen molar-refractivity contribution >= 4 is 34.8 Å². The highest BCUT2D eigenvalue weighted by molar-refractivity contribution is 6.35. The number of likely N-dealkylation sites (tertiary alicyclic amines) is 1. The third-order valence-electron chi connectivity index (χ3n) is 5.92. The minimum absolute atomic E-state index is 0.0549. The number of nitrogens with zero attached hydrogens (tertiary/aromatic N) is 1. The van der Waals surface area contributed by atoms with Gasteiger partial charge in [-0.15, -0.1) is 0 Å². The number of aliphatic hydroxyl groups excluding tert-OH is 1. The van der Waals surface area contributed by atoms with E-state index in [9.17, 15) is 27.5 Å². The fourth-order valence-corrected chi connectivity index (χ4v) is 4.49. The number of hydrogen-bond acceptors (Lipinski definition) is 4. The molecule has 2 N–H and O–H groups in total. The zero-order chi connectivity index (χ0) is 25.8. The van der Waals surface area contributed by atoms with Crippen molar-refractivity contribution in [3.05, 3.63) is 75.0 Å². The van der Waals surface area contributed by atoms with E-state index in [1.165, 1.54) is 36.1 Å². The molecule has 2 aliphatic heterocycles. The molecule has 35 heavy (non-hydrogen) atoms. The summed E-state index contributed by atoms with van der Waals surface area (Å²) in [5.74, 6) is -1.42. The Morgan fingerprint density at radius 1 is 1.17 bits per heavy atom. The van der Waals surface area contributed by atoms with Crippen molar-refractivity contribution < 1.29 is 36.7 Å². The first-order valence-corrected chi connectivity index (χ1v) is 11.2. The molecule has 0 radical (unpaired) electrons. The van der Waals surface area contributed by atoms with E-state index in [0.717, 1.165) is 18.2 Å². The third-order valence-corrected chi connectivity index (χ3v) is 6.47. The number of amides is 1. The number of benzene rings is 2. The van der Waals surface area contributed by atoms with E-state index >= 15 is 4.39 Å². The average Bonchev–Trinajstić information content (AvgIpc) is 3.21. The van der Waals surface area contributed by atoms with Crippen LogP contribution in [-0.4, -0.2) is 41.3 Å². The van der Waals surface area contributed by atoms with E-state index in [-0.39, 0.29) is 42.2 Å². The SMILES string of the molecule is CC(O)CC(=O)N1CC(F)(c2ccc(C3=CC(c4cc(Cl)c(F)c(Cl)c4)(C(F)(F)F)ON3)cc2)C1. The number of carbonyl (C=O) groups is 1. The number of nitrogens with one attached hydrogen (secondary N) is 1. The number of carbonyl (C=O) groups excluding carboxylic acids is 1. The number of alkyl halides is 4. The summed E-state index contributed by atoms with van der Waals surface area (Å²) in [6, 6.07) is 7.22. The first-order chi connectivity index (χ1) is 16.3. The maximum absolute atomic E-state index is 15.2. The van der Waals surface area contributed by atoms with Crippen molar-refractivity contribution in [1.29, 1.82) is 0 Å². The summed E-state index contributed by atoms with van der Waals surface area (Å²) in [4.78, 5) is 18.2. The van der Waals surface area contributed by atoms with E-state index in [2.05, 4.69) is 5.48 Å². The fraction of sp³-hybridized carbons (Fsp3) is 0.348. The molecule has 188 valence electrons. The molecule has 2 atom stereocenters. The van der Waals surface area contributed by atoms with Crippen LogP contribution in [0.25, 0.3) is 5.70 Å². The smallest absolute Gasteiger partial charge is 0.393 e. The summed E-state index contributed by atoms with van der Waals surface area (Å²) < 4.78 is 71.3. The Bertz CT molecular complexity index is 1160. The van der Waals surface area contributed by atoms with Gasteiger partial charge in [-0.2, -0.15) is 13.2 Å². The van der Waals surface area contributed by atoms with Gasteiger partial charge < -0.3 is 10.0 Å². The van der Waals surface area contributed by atoms with Crippen LogP contribution in [0.2, 0.25) is 10.0 Å². The van der Waals surface area contributed by atoms with E-state index in [4.69, 9.17) is 28.0 Å². The van der Waals surface area contributed by atoms with Crippen molar-refractivity contribution in [2.45, 2.75) is 36.9 Å². The lowest BCUT2D eigenvalue weighted by molar-refractivity contribution is -0.269. The number of rotatable bonds is 5. The summed E-state index contributed by atoms with van der Waals surface area (Å²) in [6.45, 7) is 1.08. The number of aliphatic hydroxyl groups is 1. The molecule has 1 fully saturated rings. The molecular weight excluding hydrogens is 518 g/mol. The topological polar surface area (TPSA) is 61.8 Å². The Morgan fingerprint density at radius 3 is 2.26 bits per heavy atom. The van der Waals surface area contributed by atoms with Gasteiger partial charge in [-0.3, -0.25) is 15.1 Å². The van der Waals surface area contributed by atoms with Crippen LogP contribution in [0.1, 0.15) is 30.0 Å². The Balaban J connectivity index is 1.58. The van der Waals surface area contributed by atoms with E-state index in [1.807, 2.05) is 0 Å². The van der Waals surface area contributed by atoms with Gasteiger partial charge in [0.05, 0.1) is 41.4 Å². The standard InChI is InChI=1S/C23H19Cl2F5N2O3/c1-12(33)6-19(34)32-10-21(27,11-32)14-4-2-13(3-5-14)18-9-22(35-31-18,23(28,29)30)15-7-16(24)20(26)17(25)8-15/h2-5,7-9,12,31,33H,6,10-11H2,1H3. The number of hydroxylamine groups is 1. The molecule has 0 aliphatic carbocycles. The summed E-state index contributed by atoms with van der Waals surface area (Å²) in [6.07, 6.45) is -5.15. The maximum Gasteiger partial charge on any atom is 0.428 e. The van der Waals surface area contributed by atoms with Crippen molar-refractivity contribution in [2.75, 3.05) is 13.1 Å². The van der Waals surface area contributed by atoms with Crippen molar-refractivity contribution in [3.8, 4) is 0 Å². The largest absolute Gasteiger partial charge is 0.428 e. The second-order valence-electron chi connectivity index (χ2n) is 8.60. The highest BCUT2D eigenvalue weighted by atomic mass is 35.5. The summed E-state index contributed by atoms with van der Waals surface area (Å²) >= 11 is 11.4. The first kappa shape index (κ1) is 25.7. The lowest BCUT2D eigenvalue weighted by Crippen LogP contribution is -2.59. The van der Waals surface area contributed by atoms with Gasteiger partial charge >= 0.3 is 6.18 Å². The minimum atomic E-state index is -4.97. The first-order valence-electron chi connectivity index (χ1n) is 10.4. The van der Waals surface area contributed by atoms with Gasteiger partial charge in [0.1, 0.15) is 0 Å². The van der Waals surface area contributed by atoms with E-state index in [0.29, 0.717) is 0 Å². The van der Waals surface area contributed by atoms with Crippen LogP contribution < -0.4 is 5.48 Å². The Morgan fingerprint density at radius 2 is 1.74 bits per heavy atom. The van der Waals surface area contributed by atoms with Crippen LogP contribution in [0.5, 0.6) is 0 Å². The zero-order valence-electron chi connectivity index (χ0n) is 18.1. The highest BCUT2D eigenvalue weighted by Crippen LogP contribution is 2.48. The van der Waals surface area contributed by atoms with Crippen LogP contribution in [0, 0.1) is 5.82 Å². The molecule has 2 unspecified atom stereocenters. The second-order valence-corrected chi connectivity index (χ2v) is 9.41. The Labute approximate surface area is 207 Å². The van der Waals surface area contributed by atoms with Gasteiger partial charge in [0.25, 0.3) is 0 Å². The molecule has 0 spiro atoms. The summed E-state index contributed by atoms with van der Waals surface area (Å²) in [7, 11) is 0. The quantitative estimate of drug-likeness (QED) is 0.405. The van der Waals surface area contributed by atoms with Crippen LogP contribution in [0.3, 0.4) is 0 Å². The molecule has 1 amide bonds. The average molecular weight is 537 g/mol. The predicted octanol–water partition coefficient (Wildman–Crippen LogP) is 5.24. The lowest BCUT2D eigenvalue weighted by Gasteiger charge is -2.45. The number of halogens is 7. The molecule has 1 saturated heterocycles. The zero-order valence-corrected chi connectivity index (χ0v) is 19.6. The van der Waals surface area contributed by atoms with Gasteiger partial charge in [0, 0.05) is 5.56 Å². The number of hydrogen-bond donors (Lipinski definition) is 2. The Kier molecular flexibility index (Phi) is 6.54. The molecule has 2 aromatic rings. The van der Waals surface area contributed by atoms with Gasteiger partial charge in [0.2, 0.25) is 11.5 Å². The molecule has 0 bridgehead atoms. The van der Waals surface area contributed by atoms with Gasteiger partial charge in [-0.25, -0.2) is 8.78 Å². The fourth-order valence-electron chi connectivity index (χ4n) is 4.00. The van der Waals surface area contributed by atoms with Crippen LogP contribution in [0.15, 0.2) is 42.5 Å². The van der Waals surface area contributed by atoms with E-state index < -0.39 is 45.0 Å². The van der Waals surface area contributed by atoms with Gasteiger partial charge in [-0.05, 0) is 36.3 Å². The Hall–Kier alpha value is -2.40. The molecule has 0 aromatic heterocycles. The monoisotopic (exact) mass is 536 g/mol. The van der Waals surface area contributed by atoms with Gasteiger partial charge in [0.15, 0.2) is 11.5 Å². The normalized spacial score (nSPS) is 22.3. The molecule has 4 rings (SSSR count). The molecule has 2 aromatic carbocycles. The molecule has 5 nitrogen and oxygen atoms in total. The summed E-state index contributed by atoms with van der Waals surface area (Å²) in [5.41, 5.74) is -2.63. The highest BCUT2D eigenvalue weighted by Gasteiger charge is 2.60. The maximum atomic E-state index is 15.2. The molecule has 2 aliphatic rings.